The Labute approximate surface area is 385 Å². The van der Waals surface area contributed by atoms with Crippen LogP contribution < -0.4 is 22.1 Å². The number of aryl methyl sites for hydroxylation is 3. The van der Waals surface area contributed by atoms with Crippen LogP contribution in [0.3, 0.4) is 0 Å². The van der Waals surface area contributed by atoms with Crippen molar-refractivity contribution >= 4 is 42.2 Å². The molecule has 3 heterocycles. The van der Waals surface area contributed by atoms with Crippen LogP contribution in [0.4, 0.5) is 34.3 Å². The van der Waals surface area contributed by atoms with Crippen LogP contribution >= 0.6 is 12.4 Å². The molecule has 5 aromatic rings. The van der Waals surface area contributed by atoms with Crippen LogP contribution in [0.5, 0.6) is 0 Å². The standard InChI is InChI=1S/C19H23F2N7O.C15H23N3O2.C9H8F2N4O.ClH/c20-14-8-13(9-15(21)10-14)18(29)23-6-7-28-12-17(26-27-28)5-3-1-2-4-16-11-24-19(22)25-16;1-5-6-7-8-9-10-12-11-18(13(16)17-12)14(19)20-15(2,3)4;10-7-3-6(4-8(11)5-7)9(16)13-1-2-14-15-12;/h8-12H,1-7H2,(H,23,29)(H3,22,24,25);1,11H,6-10H2,2-4H3,(H2,16,17);3-5H,1-2H2,(H,13,16);1H. The molecule has 66 heavy (non-hydrogen) atoms. The average Bonchev–Trinajstić information content (AvgIpc) is 3.98. The Balaban J connectivity index is 0.000000356. The number of hydrogen-bond acceptors (Lipinski definition) is 11. The molecule has 0 radical (unpaired) electrons. The van der Waals surface area contributed by atoms with Gasteiger partial charge in [0, 0.05) is 72.3 Å². The maximum Gasteiger partial charge on any atom is 0.421 e. The molecule has 0 aliphatic carbocycles. The van der Waals surface area contributed by atoms with Crippen molar-refractivity contribution in [3.63, 3.8) is 0 Å². The van der Waals surface area contributed by atoms with Crippen molar-refractivity contribution in [2.45, 2.75) is 97.1 Å². The molecule has 5 rings (SSSR count). The molecular weight excluding hydrogens is 888 g/mol. The van der Waals surface area contributed by atoms with Crippen molar-refractivity contribution in [3.05, 3.63) is 117 Å². The van der Waals surface area contributed by atoms with Crippen LogP contribution in [0.2, 0.25) is 0 Å². The Hall–Kier alpha value is -7.11. The van der Waals surface area contributed by atoms with Crippen LogP contribution in [0, 0.1) is 35.6 Å². The minimum atomic E-state index is -0.819. The molecule has 0 saturated carbocycles. The first-order chi connectivity index (χ1) is 31.0. The number of aromatic nitrogens is 7. The lowest BCUT2D eigenvalue weighted by Crippen LogP contribution is -2.27. The van der Waals surface area contributed by atoms with Gasteiger partial charge in [0.05, 0.1) is 24.1 Å². The number of H-pyrrole nitrogens is 1. The van der Waals surface area contributed by atoms with E-state index < -0.39 is 46.8 Å². The number of anilines is 2. The fraction of sp³-hybridized carbons (Fsp3) is 0.419. The van der Waals surface area contributed by atoms with Gasteiger partial charge in [-0.25, -0.2) is 36.9 Å². The zero-order chi connectivity index (χ0) is 47.8. The maximum atomic E-state index is 13.2. The molecule has 0 fully saturated rings. The number of carbonyl (C=O) groups is 3. The number of terminal acetylenes is 1. The van der Waals surface area contributed by atoms with Crippen molar-refractivity contribution in [2.24, 2.45) is 5.11 Å². The van der Waals surface area contributed by atoms with E-state index in [1.54, 1.807) is 17.1 Å². The summed E-state index contributed by atoms with van der Waals surface area (Å²) in [6.45, 7) is 6.31. The number of nitrogens with one attached hydrogen (secondary N) is 3. The summed E-state index contributed by atoms with van der Waals surface area (Å²) < 4.78 is 60.0. The van der Waals surface area contributed by atoms with Gasteiger partial charge in [-0.15, -0.1) is 29.8 Å². The van der Waals surface area contributed by atoms with Gasteiger partial charge in [0.1, 0.15) is 28.9 Å². The number of amides is 2. The molecule has 0 saturated heterocycles. The first kappa shape index (κ1) is 55.0. The Morgan fingerprint density at radius 1 is 0.848 bits per heavy atom. The van der Waals surface area contributed by atoms with E-state index in [9.17, 15) is 31.9 Å². The van der Waals surface area contributed by atoms with Crippen molar-refractivity contribution in [1.82, 2.24) is 45.1 Å². The van der Waals surface area contributed by atoms with E-state index in [-0.39, 0.29) is 49.1 Å². The molecule has 7 N–H and O–H groups in total. The lowest BCUT2D eigenvalue weighted by atomic mass is 10.1. The highest BCUT2D eigenvalue weighted by atomic mass is 35.5. The minimum Gasteiger partial charge on any atom is -0.443 e. The molecule has 0 unspecified atom stereocenters. The lowest BCUT2D eigenvalue weighted by Gasteiger charge is -2.19. The zero-order valence-corrected chi connectivity index (χ0v) is 37.7. The number of imidazole rings is 2. The Morgan fingerprint density at radius 3 is 1.95 bits per heavy atom. The fourth-order valence-corrected chi connectivity index (χ4v) is 5.72. The SMILES string of the molecule is C#CCCCCCc1cn(C(=O)OC(C)(C)C)c(N)n1.Cl.Nc1ncc(CCCCCc2cn(CCNC(=O)c3cc(F)cc(F)c3)nn2)[nH]1.[N-]=[N+]=NCCNC(=O)c1cc(F)cc(F)c1. The minimum absolute atomic E-state index is 0. The number of ether oxygens (including phenoxy) is 1. The Morgan fingerprint density at radius 2 is 1.41 bits per heavy atom. The number of benzene rings is 2. The van der Waals surface area contributed by atoms with Gasteiger partial charge in [-0.05, 0) is 95.5 Å². The second kappa shape index (κ2) is 28.6. The number of azide groups is 1. The van der Waals surface area contributed by atoms with Crippen molar-refractivity contribution in [1.29, 1.82) is 0 Å². The predicted molar refractivity (Wildman–Crippen MR) is 242 cm³/mol. The van der Waals surface area contributed by atoms with Gasteiger partial charge < -0.3 is 31.8 Å². The van der Waals surface area contributed by atoms with Crippen LogP contribution in [-0.2, 0) is 30.5 Å². The molecule has 0 aliphatic rings. The van der Waals surface area contributed by atoms with Crippen molar-refractivity contribution < 1.29 is 36.7 Å². The summed E-state index contributed by atoms with van der Waals surface area (Å²) in [5.41, 5.74) is 21.2. The van der Waals surface area contributed by atoms with Gasteiger partial charge in [0.2, 0.25) is 5.95 Å². The topological polar surface area (TPSA) is 263 Å². The first-order valence-corrected chi connectivity index (χ1v) is 20.6. The Bertz CT molecular complexity index is 2360. The first-order valence-electron chi connectivity index (χ1n) is 20.6. The third kappa shape index (κ3) is 21.5. The molecule has 23 heteroatoms. The summed E-state index contributed by atoms with van der Waals surface area (Å²) in [4.78, 5) is 48.8. The summed E-state index contributed by atoms with van der Waals surface area (Å²) in [6, 6.07) is 5.23. The van der Waals surface area contributed by atoms with Gasteiger partial charge >= 0.3 is 6.09 Å². The van der Waals surface area contributed by atoms with Gasteiger partial charge in [0.15, 0.2) is 5.95 Å². The molecule has 356 valence electrons. The van der Waals surface area contributed by atoms with Gasteiger partial charge in [0.25, 0.3) is 11.8 Å². The molecular formula is C43H55ClF4N14O4. The van der Waals surface area contributed by atoms with E-state index in [0.717, 1.165) is 112 Å². The second-order valence-corrected chi connectivity index (χ2v) is 15.3. The third-order valence-corrected chi connectivity index (χ3v) is 8.68. The highest BCUT2D eigenvalue weighted by Crippen LogP contribution is 2.15. The Kier molecular flexibility index (Phi) is 23.9. The summed E-state index contributed by atoms with van der Waals surface area (Å²) in [7, 11) is 0. The lowest BCUT2D eigenvalue weighted by molar-refractivity contribution is 0.0540. The molecule has 3 aromatic heterocycles. The van der Waals surface area contributed by atoms with Gasteiger partial charge in [-0.1, -0.05) is 23.2 Å². The number of unbranched alkanes of at least 4 members (excludes halogenated alkanes) is 5. The molecule has 0 bridgehead atoms. The molecule has 2 amide bonds. The van der Waals surface area contributed by atoms with E-state index in [1.165, 1.54) is 4.57 Å². The fourth-order valence-electron chi connectivity index (χ4n) is 5.72. The molecule has 2 aromatic carbocycles. The second-order valence-electron chi connectivity index (χ2n) is 15.3. The van der Waals surface area contributed by atoms with Crippen LogP contribution in [0.15, 0.2) is 60.1 Å². The average molecular weight is 943 g/mol. The molecule has 0 aliphatic heterocycles. The quantitative estimate of drug-likeness (QED) is 0.0135. The number of hydrogen-bond donors (Lipinski definition) is 5. The van der Waals surface area contributed by atoms with E-state index in [1.807, 2.05) is 27.0 Å². The zero-order valence-electron chi connectivity index (χ0n) is 36.9. The molecule has 0 spiro atoms. The van der Waals surface area contributed by atoms with Crippen LogP contribution in [0.1, 0.15) is 104 Å². The van der Waals surface area contributed by atoms with E-state index in [4.69, 9.17) is 28.2 Å². The predicted octanol–water partition coefficient (Wildman–Crippen LogP) is 7.66. The smallest absolute Gasteiger partial charge is 0.421 e. The number of nitrogens with zero attached hydrogens (tertiary/aromatic N) is 9. The number of halogens is 5. The number of nitrogen functional groups attached to an aromatic ring is 2. The van der Waals surface area contributed by atoms with Crippen molar-refractivity contribution in [2.75, 3.05) is 31.1 Å². The highest BCUT2D eigenvalue weighted by Gasteiger charge is 2.20. The van der Waals surface area contributed by atoms with E-state index in [2.05, 4.69) is 51.8 Å². The normalized spacial score (nSPS) is 10.5. The third-order valence-electron chi connectivity index (χ3n) is 8.68. The number of nitrogens with two attached hydrogens (primary N) is 2. The summed E-state index contributed by atoms with van der Waals surface area (Å²) >= 11 is 0. The van der Waals surface area contributed by atoms with E-state index in [0.29, 0.717) is 18.6 Å². The summed E-state index contributed by atoms with van der Waals surface area (Å²) in [5.74, 6) is -1.15. The maximum absolute atomic E-state index is 13.2. The summed E-state index contributed by atoms with van der Waals surface area (Å²) in [6.07, 6.45) is 19.3. The number of aromatic amines is 1. The van der Waals surface area contributed by atoms with Gasteiger partial charge in [-0.3, -0.25) is 14.3 Å². The van der Waals surface area contributed by atoms with Crippen LogP contribution in [-0.4, -0.2) is 77.7 Å². The molecule has 0 atom stereocenters. The van der Waals surface area contributed by atoms with E-state index >= 15 is 0 Å². The highest BCUT2D eigenvalue weighted by molar-refractivity contribution is 5.94. The summed E-state index contributed by atoms with van der Waals surface area (Å²) in [5, 5.41) is 16.3. The monoisotopic (exact) mass is 942 g/mol. The number of rotatable bonds is 19. The van der Waals surface area contributed by atoms with Crippen molar-refractivity contribution in [3.8, 4) is 12.3 Å². The molecule has 18 nitrogen and oxygen atoms in total. The van der Waals surface area contributed by atoms with Crippen LogP contribution in [0.25, 0.3) is 10.4 Å². The largest absolute Gasteiger partial charge is 0.443 e. The number of carbonyl (C=O) groups excluding carboxylic acids is 3. The van der Waals surface area contributed by atoms with Gasteiger partial charge in [-0.2, -0.15) is 0 Å².